The van der Waals surface area contributed by atoms with Gasteiger partial charge in [0.25, 0.3) is 6.71 Å². The van der Waals surface area contributed by atoms with Crippen molar-refractivity contribution in [2.75, 3.05) is 9.80 Å². The lowest BCUT2D eigenvalue weighted by Gasteiger charge is -2.45. The Bertz CT molecular complexity index is 3560. The minimum absolute atomic E-state index is 0.00715. The largest absolute Gasteiger partial charge is 0.440 e. The van der Waals surface area contributed by atoms with Gasteiger partial charge in [0, 0.05) is 49.1 Å². The SMILES string of the molecule is Cc1cc(C(C)(C)C)cc(C)c1N1c2cc(C(C)(C)C)cc3c2B(c2cc(-c4csc5ccccc45)ccc2N3c2c(C)cc(C(C)(C)C)cc2-c2ccccc2)c2c1oc1ccc(C(C)(C)C)cc21. The van der Waals surface area contributed by atoms with Crippen LogP contribution < -0.4 is 26.2 Å². The first kappa shape index (κ1) is 46.1. The third-order valence-corrected chi connectivity index (χ3v) is 16.2. The molecule has 2 aromatic heterocycles. The van der Waals surface area contributed by atoms with Crippen molar-refractivity contribution in [3.8, 4) is 22.3 Å². The first-order valence-electron chi connectivity index (χ1n) is 25.3. The fourth-order valence-electron chi connectivity index (χ4n) is 11.3. The fraction of sp³-hybridized carbons (Fsp3) is 0.292. The Hall–Kier alpha value is -6.30. The van der Waals surface area contributed by atoms with Gasteiger partial charge in [-0.1, -0.05) is 168 Å². The molecule has 0 fully saturated rings. The average molecular weight is 935 g/mol. The summed E-state index contributed by atoms with van der Waals surface area (Å²) in [6, 6.07) is 49.0. The average Bonchev–Trinajstić information content (AvgIpc) is 3.90. The van der Waals surface area contributed by atoms with Gasteiger partial charge in [0.1, 0.15) is 5.58 Å². The van der Waals surface area contributed by atoms with Gasteiger partial charge < -0.3 is 9.32 Å². The lowest BCUT2D eigenvalue weighted by atomic mass is 9.33. The highest BCUT2D eigenvalue weighted by Crippen LogP contribution is 2.52. The molecule has 0 bridgehead atoms. The molecule has 2 aliphatic heterocycles. The molecule has 4 heterocycles. The van der Waals surface area contributed by atoms with Crippen molar-refractivity contribution in [2.45, 2.75) is 126 Å². The number of nitrogens with zero attached hydrogens (tertiary/aromatic N) is 2. The van der Waals surface area contributed by atoms with E-state index in [9.17, 15) is 0 Å². The van der Waals surface area contributed by atoms with Crippen molar-refractivity contribution in [3.63, 3.8) is 0 Å². The monoisotopic (exact) mass is 935 g/mol. The van der Waals surface area contributed by atoms with Crippen molar-refractivity contribution < 1.29 is 4.42 Å². The van der Waals surface area contributed by atoms with Gasteiger partial charge in [0.2, 0.25) is 5.88 Å². The molecule has 0 atom stereocenters. The van der Waals surface area contributed by atoms with Gasteiger partial charge in [-0.15, -0.1) is 11.3 Å². The molecule has 0 saturated heterocycles. The molecule has 11 rings (SSSR count). The Morgan fingerprint density at radius 3 is 1.66 bits per heavy atom. The van der Waals surface area contributed by atoms with Gasteiger partial charge in [-0.3, -0.25) is 4.90 Å². The number of hydrogen-bond donors (Lipinski definition) is 0. The molecule has 0 spiro atoms. The molecule has 352 valence electrons. The molecule has 0 amide bonds. The second-order valence-corrected chi connectivity index (χ2v) is 25.4. The number of furan rings is 1. The van der Waals surface area contributed by atoms with Gasteiger partial charge in [-0.25, -0.2) is 0 Å². The van der Waals surface area contributed by atoms with E-state index in [-0.39, 0.29) is 28.4 Å². The van der Waals surface area contributed by atoms with Crippen molar-refractivity contribution in [2.24, 2.45) is 0 Å². The van der Waals surface area contributed by atoms with Crippen LogP contribution in [0, 0.1) is 20.8 Å². The predicted molar refractivity (Wildman–Crippen MR) is 306 cm³/mol. The summed E-state index contributed by atoms with van der Waals surface area (Å²) in [6.07, 6.45) is 0. The minimum atomic E-state index is -0.175. The topological polar surface area (TPSA) is 19.6 Å². The standard InChI is InChI=1S/C65H67BN2OS/c1-38-29-44(63(7,8)9)30-39(2)59(38)68-54-36-46(65(13,14)15)35-53-58(54)66(57-49-33-43(62(4,5)6)26-28-55(49)69-61(57)68)51-32-42(50-37-70-56-24-20-19-23-47(50)56)25-27-52(51)67(53)60-40(3)31-45(64(10,11)12)34-48(60)41-21-17-16-18-22-41/h16-37H,1-15H3. The molecule has 70 heavy (non-hydrogen) atoms. The molecule has 0 aliphatic carbocycles. The third-order valence-electron chi connectivity index (χ3n) is 15.3. The number of thiophene rings is 1. The zero-order valence-corrected chi connectivity index (χ0v) is 44.8. The van der Waals surface area contributed by atoms with Crippen LogP contribution in [-0.2, 0) is 21.7 Å². The van der Waals surface area contributed by atoms with Crippen molar-refractivity contribution in [1.29, 1.82) is 0 Å². The Labute approximate surface area is 421 Å². The number of rotatable bonds is 4. The van der Waals surface area contributed by atoms with E-state index in [4.69, 9.17) is 4.42 Å². The highest BCUT2D eigenvalue weighted by molar-refractivity contribution is 7.17. The smallest absolute Gasteiger partial charge is 0.257 e. The van der Waals surface area contributed by atoms with Crippen LogP contribution in [0.3, 0.4) is 0 Å². The molecule has 0 radical (unpaired) electrons. The first-order valence-corrected chi connectivity index (χ1v) is 26.2. The van der Waals surface area contributed by atoms with Crippen LogP contribution in [0.4, 0.5) is 34.3 Å². The van der Waals surface area contributed by atoms with Crippen molar-refractivity contribution >= 4 is 89.8 Å². The van der Waals surface area contributed by atoms with Gasteiger partial charge in [0.15, 0.2) is 0 Å². The highest BCUT2D eigenvalue weighted by atomic mass is 32.1. The Kier molecular flexibility index (Phi) is 10.4. The molecule has 5 heteroatoms. The molecule has 3 nitrogen and oxygen atoms in total. The van der Waals surface area contributed by atoms with Crippen LogP contribution in [0.2, 0.25) is 0 Å². The second-order valence-electron chi connectivity index (χ2n) is 24.5. The predicted octanol–water partition coefficient (Wildman–Crippen LogP) is 17.2. The summed E-state index contributed by atoms with van der Waals surface area (Å²) in [7, 11) is 0. The van der Waals surface area contributed by atoms with Crippen LogP contribution in [-0.4, -0.2) is 6.71 Å². The summed E-state index contributed by atoms with van der Waals surface area (Å²) >= 11 is 1.83. The van der Waals surface area contributed by atoms with Crippen molar-refractivity contribution in [3.05, 3.63) is 172 Å². The maximum Gasteiger partial charge on any atom is 0.257 e. The molecule has 7 aromatic carbocycles. The molecular weight excluding hydrogens is 868 g/mol. The summed E-state index contributed by atoms with van der Waals surface area (Å²) in [5.41, 5.74) is 24.3. The van der Waals surface area contributed by atoms with Gasteiger partial charge in [-0.05, 0) is 151 Å². The summed E-state index contributed by atoms with van der Waals surface area (Å²) in [5.74, 6) is 0.909. The van der Waals surface area contributed by atoms with E-state index in [0.717, 1.165) is 11.5 Å². The van der Waals surface area contributed by atoms with E-state index in [1.807, 2.05) is 11.3 Å². The van der Waals surface area contributed by atoms with Crippen molar-refractivity contribution in [1.82, 2.24) is 0 Å². The minimum Gasteiger partial charge on any atom is -0.440 e. The fourth-order valence-corrected chi connectivity index (χ4v) is 12.3. The number of benzene rings is 7. The summed E-state index contributed by atoms with van der Waals surface area (Å²) in [5, 5.41) is 4.82. The molecule has 0 saturated carbocycles. The number of aryl methyl sites for hydroxylation is 3. The molecule has 0 N–H and O–H groups in total. The van der Waals surface area contributed by atoms with Gasteiger partial charge in [0.05, 0.1) is 11.4 Å². The molecule has 0 unspecified atom stereocenters. The molecular formula is C65H67BN2OS. The van der Waals surface area contributed by atoms with E-state index in [0.29, 0.717) is 0 Å². The van der Waals surface area contributed by atoms with Crippen LogP contribution in [0.1, 0.15) is 122 Å². The normalized spacial score (nSPS) is 13.8. The van der Waals surface area contributed by atoms with Crippen LogP contribution in [0.5, 0.6) is 0 Å². The van der Waals surface area contributed by atoms with E-state index >= 15 is 0 Å². The van der Waals surface area contributed by atoms with Crippen LogP contribution in [0.15, 0.2) is 137 Å². The number of hydrogen-bond acceptors (Lipinski definition) is 4. The Morgan fingerprint density at radius 1 is 0.443 bits per heavy atom. The van der Waals surface area contributed by atoms with Crippen LogP contribution in [0.25, 0.3) is 43.3 Å². The molecule has 9 aromatic rings. The van der Waals surface area contributed by atoms with Crippen LogP contribution >= 0.6 is 11.3 Å². The second kappa shape index (κ2) is 15.9. The van der Waals surface area contributed by atoms with E-state index in [1.54, 1.807) is 0 Å². The Morgan fingerprint density at radius 2 is 1.01 bits per heavy atom. The summed E-state index contributed by atoms with van der Waals surface area (Å²) < 4.78 is 8.75. The highest BCUT2D eigenvalue weighted by Gasteiger charge is 2.48. The zero-order valence-electron chi connectivity index (χ0n) is 44.0. The lowest BCUT2D eigenvalue weighted by Crippen LogP contribution is -2.61. The van der Waals surface area contributed by atoms with E-state index in [1.165, 1.54) is 121 Å². The number of fused-ring (bicyclic) bond motifs is 7. The first-order chi connectivity index (χ1) is 33.0. The van der Waals surface area contributed by atoms with Gasteiger partial charge >= 0.3 is 0 Å². The third kappa shape index (κ3) is 7.37. The zero-order chi connectivity index (χ0) is 49.6. The number of anilines is 6. The quantitative estimate of drug-likeness (QED) is 0.164. The molecule has 2 aliphatic rings. The van der Waals surface area contributed by atoms with E-state index in [2.05, 4.69) is 246 Å². The maximum absolute atomic E-state index is 7.45. The Balaban J connectivity index is 1.33. The summed E-state index contributed by atoms with van der Waals surface area (Å²) in [6.45, 7) is 34.8. The lowest BCUT2D eigenvalue weighted by molar-refractivity contribution is 0.587. The summed E-state index contributed by atoms with van der Waals surface area (Å²) in [4.78, 5) is 5.19. The van der Waals surface area contributed by atoms with E-state index < -0.39 is 0 Å². The van der Waals surface area contributed by atoms with Gasteiger partial charge in [-0.2, -0.15) is 0 Å². The maximum atomic E-state index is 7.45.